The molecule has 16 heteroatoms. The zero-order valence-electron chi connectivity index (χ0n) is 22.2. The molecule has 1 aliphatic rings. The van der Waals surface area contributed by atoms with Gasteiger partial charge < -0.3 is 34.1 Å². The van der Waals surface area contributed by atoms with Crippen molar-refractivity contribution < 1.29 is 34.0 Å². The van der Waals surface area contributed by atoms with Crippen molar-refractivity contribution in [3.63, 3.8) is 0 Å². The summed E-state index contributed by atoms with van der Waals surface area (Å²) >= 11 is 30.4. The molecule has 9 nitrogen and oxygen atoms in total. The number of para-hydroxylation sites is 1. The Kier molecular flexibility index (Phi) is 11.3. The largest absolute Gasteiger partial charge is 0.536 e. The van der Waals surface area contributed by atoms with Crippen molar-refractivity contribution in [2.75, 3.05) is 12.4 Å². The zero-order chi connectivity index (χ0) is 31.3. The molecule has 3 aromatic rings. The maximum absolute atomic E-state index is 12.5. The first-order chi connectivity index (χ1) is 20.4. The number of halogens is 4. The van der Waals surface area contributed by atoms with E-state index in [1.165, 1.54) is 30.3 Å². The highest BCUT2D eigenvalue weighted by Crippen LogP contribution is 2.40. The zero-order valence-corrected chi connectivity index (χ0v) is 26.0. The Balaban J connectivity index is 1.40. The monoisotopic (exact) mass is 680 g/mol. The molecule has 0 saturated carbocycles. The molecular formula is C27H22B2Cl4N2O7S. The Morgan fingerprint density at radius 3 is 2.30 bits per heavy atom. The molecule has 1 aliphatic carbocycles. The number of amides is 1. The van der Waals surface area contributed by atoms with E-state index in [2.05, 4.69) is 5.32 Å². The van der Waals surface area contributed by atoms with Gasteiger partial charge in [0.05, 0.1) is 15.7 Å². The van der Waals surface area contributed by atoms with Gasteiger partial charge in [0, 0.05) is 40.1 Å². The van der Waals surface area contributed by atoms with Gasteiger partial charge in [-0.3, -0.25) is 5.32 Å². The van der Waals surface area contributed by atoms with Crippen molar-refractivity contribution >= 4 is 95.3 Å². The van der Waals surface area contributed by atoms with E-state index in [1.807, 2.05) is 18.2 Å². The molecule has 1 atom stereocenters. The number of allylic oxidation sites excluding steroid dienone is 4. The molecule has 4 rings (SSSR count). The number of carbonyl (C=O) groups is 1. The van der Waals surface area contributed by atoms with E-state index in [4.69, 9.17) is 72.7 Å². The van der Waals surface area contributed by atoms with Gasteiger partial charge in [0.1, 0.15) is 17.2 Å². The van der Waals surface area contributed by atoms with Crippen LogP contribution in [-0.2, 0) is 0 Å². The Morgan fingerprint density at radius 1 is 0.930 bits per heavy atom. The predicted molar refractivity (Wildman–Crippen MR) is 174 cm³/mol. The quantitative estimate of drug-likeness (QED) is 0.173. The Bertz CT molecular complexity index is 1580. The van der Waals surface area contributed by atoms with E-state index in [9.17, 15) is 19.9 Å². The minimum Gasteiger partial charge on any atom is -0.536 e. The second-order valence-electron chi connectivity index (χ2n) is 9.10. The number of anilines is 1. The molecule has 1 amide bonds. The van der Waals surface area contributed by atoms with Crippen LogP contribution in [0.2, 0.25) is 15.9 Å². The van der Waals surface area contributed by atoms with Gasteiger partial charge in [0.25, 0.3) is 5.17 Å². The fourth-order valence-corrected chi connectivity index (χ4v) is 5.36. The van der Waals surface area contributed by atoms with E-state index in [0.29, 0.717) is 16.5 Å². The highest BCUT2D eigenvalue weighted by molar-refractivity contribution is 7.80. The van der Waals surface area contributed by atoms with Crippen LogP contribution >= 0.6 is 58.6 Å². The number of ether oxygens (including phenoxy) is 2. The van der Waals surface area contributed by atoms with Crippen molar-refractivity contribution in [1.82, 2.24) is 4.90 Å². The molecule has 0 heterocycles. The molecule has 4 N–H and O–H groups in total. The number of carbonyl (C=O) groups excluding carboxylic acids is 1. The lowest BCUT2D eigenvalue weighted by atomic mass is 9.68. The van der Waals surface area contributed by atoms with Crippen molar-refractivity contribution in [2.24, 2.45) is 0 Å². The van der Waals surface area contributed by atoms with Crippen molar-refractivity contribution in [3.05, 3.63) is 98.6 Å². The lowest BCUT2D eigenvalue weighted by Crippen LogP contribution is -2.35. The maximum Gasteiger partial charge on any atom is 0.531 e. The van der Waals surface area contributed by atoms with Crippen LogP contribution < -0.4 is 24.9 Å². The Labute approximate surface area is 273 Å². The first-order valence-electron chi connectivity index (χ1n) is 12.5. The van der Waals surface area contributed by atoms with E-state index >= 15 is 0 Å². The smallest absolute Gasteiger partial charge is 0.531 e. The van der Waals surface area contributed by atoms with Gasteiger partial charge >= 0.3 is 20.3 Å². The van der Waals surface area contributed by atoms with Crippen molar-refractivity contribution in [2.45, 2.75) is 12.2 Å². The summed E-state index contributed by atoms with van der Waals surface area (Å²) < 4.78 is 16.8. The third-order valence-corrected chi connectivity index (χ3v) is 7.87. The second kappa shape index (κ2) is 14.7. The summed E-state index contributed by atoms with van der Waals surface area (Å²) in [4.78, 5) is 14.1. The molecule has 43 heavy (non-hydrogen) atoms. The van der Waals surface area contributed by atoms with Crippen LogP contribution in [0, 0.1) is 0 Å². The van der Waals surface area contributed by atoms with Crippen LogP contribution in [0.3, 0.4) is 0 Å². The van der Waals surface area contributed by atoms with Crippen molar-refractivity contribution in [3.8, 4) is 17.2 Å². The van der Waals surface area contributed by atoms with Crippen molar-refractivity contribution in [1.29, 1.82) is 0 Å². The number of benzene rings is 3. The fraction of sp³-hybridized carbons (Fsp3) is 0.111. The summed E-state index contributed by atoms with van der Waals surface area (Å²) in [5.41, 5.74) is 0.546. The molecule has 0 aliphatic heterocycles. The highest BCUT2D eigenvalue weighted by atomic mass is 35.5. The molecule has 222 valence electrons. The van der Waals surface area contributed by atoms with Gasteiger partial charge in [-0.25, -0.2) is 4.79 Å². The molecule has 0 fully saturated rings. The van der Waals surface area contributed by atoms with Gasteiger partial charge in [-0.05, 0) is 61.1 Å². The van der Waals surface area contributed by atoms with Crippen LogP contribution in [0.25, 0.3) is 0 Å². The number of nitrogens with zero attached hydrogens (tertiary/aromatic N) is 1. The average Bonchev–Trinajstić information content (AvgIpc) is 2.94. The number of thiocarbonyl (C=S) groups is 1. The van der Waals surface area contributed by atoms with Gasteiger partial charge in [-0.2, -0.15) is 0 Å². The minimum atomic E-state index is -1.88. The summed E-state index contributed by atoms with van der Waals surface area (Å²) in [5, 5.41) is 33.1. The molecule has 1 unspecified atom stereocenters. The fourth-order valence-electron chi connectivity index (χ4n) is 3.95. The lowest BCUT2D eigenvalue weighted by Gasteiger charge is -2.30. The van der Waals surface area contributed by atoms with Gasteiger partial charge in [0.2, 0.25) is 0 Å². The third-order valence-electron chi connectivity index (χ3n) is 6.15. The Hall–Kier alpha value is -2.93. The second-order valence-corrected chi connectivity index (χ2v) is 11.1. The first kappa shape index (κ1) is 33.0. The van der Waals surface area contributed by atoms with Crippen LogP contribution in [0.5, 0.6) is 17.2 Å². The molecule has 0 spiro atoms. The van der Waals surface area contributed by atoms with Gasteiger partial charge in [-0.15, -0.1) is 0 Å². The van der Waals surface area contributed by atoms with E-state index in [1.54, 1.807) is 36.2 Å². The van der Waals surface area contributed by atoms with E-state index in [-0.39, 0.29) is 49.3 Å². The summed E-state index contributed by atoms with van der Waals surface area (Å²) in [6.07, 6.45) is 0.753. The summed E-state index contributed by atoms with van der Waals surface area (Å²) in [6.45, 7) is 0. The molecule has 0 saturated heterocycles. The SMILES string of the molecule is CN(C(=S)Oc1ccccc1)C1=C(Cl)C=C(Cl)C(B(O)Oc2cccc(OC(=O)Nc3cc(B(O)O)c(Cl)cc3Cl)c2)C1. The maximum atomic E-state index is 12.5. The molecule has 3 aromatic carbocycles. The first-order valence-corrected chi connectivity index (χ1v) is 14.4. The molecular weight excluding hydrogens is 660 g/mol. The minimum absolute atomic E-state index is 0.00925. The number of rotatable bonds is 8. The standard InChI is InChI=1S/C27H22B2Cl4N2O7S/c1-35(27(43)41-15-6-3-2-4-7-15)25-12-19(21(31)14-23(25)33)29(39)42-17-9-5-8-16(10-17)40-26(36)34-24-11-18(28(37)38)20(30)13-22(24)32/h2-11,13-14,19,37-39H,12H2,1H3,(H,34,36). The van der Waals surface area contributed by atoms with Gasteiger partial charge in [-0.1, -0.05) is 70.7 Å². The van der Waals surface area contributed by atoms with Crippen LogP contribution in [0.4, 0.5) is 10.5 Å². The van der Waals surface area contributed by atoms with Crippen LogP contribution in [-0.4, -0.2) is 52.5 Å². The van der Waals surface area contributed by atoms with E-state index < -0.39 is 26.1 Å². The molecule has 0 bridgehead atoms. The van der Waals surface area contributed by atoms with Crippen LogP contribution in [0.15, 0.2) is 88.6 Å². The van der Waals surface area contributed by atoms with E-state index in [0.717, 1.165) is 0 Å². The highest BCUT2D eigenvalue weighted by Gasteiger charge is 2.37. The normalized spacial score (nSPS) is 14.4. The number of nitrogens with one attached hydrogen (secondary N) is 1. The third kappa shape index (κ3) is 8.59. The molecule has 0 aromatic heterocycles. The number of hydrogen-bond acceptors (Lipinski definition) is 8. The summed E-state index contributed by atoms with van der Waals surface area (Å²) in [7, 11) is -1.60. The van der Waals surface area contributed by atoms with Gasteiger partial charge in [0.15, 0.2) is 0 Å². The molecule has 0 radical (unpaired) electrons. The lowest BCUT2D eigenvalue weighted by molar-refractivity contribution is 0.215. The predicted octanol–water partition coefficient (Wildman–Crippen LogP) is 5.79. The average molecular weight is 682 g/mol. The summed E-state index contributed by atoms with van der Waals surface area (Å²) in [6, 6.07) is 17.5. The van der Waals surface area contributed by atoms with Crippen LogP contribution in [0.1, 0.15) is 6.42 Å². The Morgan fingerprint density at radius 2 is 1.60 bits per heavy atom. The number of hydrogen-bond donors (Lipinski definition) is 4. The topological polar surface area (TPSA) is 121 Å². The summed E-state index contributed by atoms with van der Waals surface area (Å²) in [5.74, 6) is 0.0981.